The van der Waals surface area contributed by atoms with E-state index in [2.05, 4.69) is 19.9 Å². The zero-order chi connectivity index (χ0) is 17.4. The molecule has 8 heteroatoms. The molecule has 0 atom stereocenters. The molecule has 4 rings (SSSR count). The molecular weight excluding hydrogens is 328 g/mol. The van der Waals surface area contributed by atoms with Gasteiger partial charge in [0.25, 0.3) is 0 Å². The maximum atomic E-state index is 13.8. The van der Waals surface area contributed by atoms with Crippen LogP contribution in [-0.4, -0.2) is 38.8 Å². The third kappa shape index (κ3) is 2.84. The maximum absolute atomic E-state index is 13.8. The number of fused-ring (bicyclic) bond motifs is 1. The first-order valence-corrected chi connectivity index (χ1v) is 8.02. The molecule has 0 bridgehead atoms. The van der Waals surface area contributed by atoms with E-state index in [0.717, 1.165) is 29.5 Å². The second kappa shape index (κ2) is 6.19. The Kier molecular flexibility index (Phi) is 3.87. The van der Waals surface area contributed by atoms with Crippen molar-refractivity contribution in [1.82, 2.24) is 19.9 Å². The van der Waals surface area contributed by atoms with Crippen LogP contribution in [0, 0.1) is 17.6 Å². The number of aromatic amines is 1. The van der Waals surface area contributed by atoms with Crippen LogP contribution in [-0.2, 0) is 0 Å². The van der Waals surface area contributed by atoms with E-state index in [0.29, 0.717) is 31.6 Å². The molecule has 1 aliphatic rings. The number of carbonyl (C=O) groups is 1. The number of nitrogens with one attached hydrogen (secondary N) is 1. The van der Waals surface area contributed by atoms with Crippen molar-refractivity contribution in [3.63, 3.8) is 0 Å². The van der Waals surface area contributed by atoms with Crippen LogP contribution in [0.1, 0.15) is 23.2 Å². The summed E-state index contributed by atoms with van der Waals surface area (Å²) in [7, 11) is 0. The molecule has 0 radical (unpaired) electrons. The molecule has 2 aromatic heterocycles. The van der Waals surface area contributed by atoms with E-state index >= 15 is 0 Å². The molecule has 25 heavy (non-hydrogen) atoms. The van der Waals surface area contributed by atoms with Crippen LogP contribution in [0.2, 0.25) is 0 Å². The van der Waals surface area contributed by atoms with Gasteiger partial charge in [-0.3, -0.25) is 4.79 Å². The first-order valence-electron chi connectivity index (χ1n) is 8.02. The van der Waals surface area contributed by atoms with Gasteiger partial charge in [-0.1, -0.05) is 0 Å². The summed E-state index contributed by atoms with van der Waals surface area (Å²) in [6.45, 7) is 1.19. The summed E-state index contributed by atoms with van der Waals surface area (Å²) >= 11 is 0. The van der Waals surface area contributed by atoms with Crippen molar-refractivity contribution in [2.75, 3.05) is 18.0 Å². The predicted octanol–water partition coefficient (Wildman–Crippen LogP) is 2.73. The summed E-state index contributed by atoms with van der Waals surface area (Å²) in [4.78, 5) is 30.1. The predicted molar refractivity (Wildman–Crippen MR) is 87.3 cm³/mol. The van der Waals surface area contributed by atoms with E-state index in [-0.39, 0.29) is 17.3 Å². The SMILES string of the molecule is O=C(c1cc(F)ccc1F)C1CCN(c2ncnc3nc[nH]c23)CC1. The van der Waals surface area contributed by atoms with Gasteiger partial charge in [0.2, 0.25) is 0 Å². The molecule has 3 aromatic rings. The number of hydrogen-bond donors (Lipinski definition) is 1. The Labute approximate surface area is 141 Å². The molecule has 1 aliphatic heterocycles. The lowest BCUT2D eigenvalue weighted by Gasteiger charge is -2.32. The van der Waals surface area contributed by atoms with Crippen LogP contribution < -0.4 is 4.90 Å². The Balaban J connectivity index is 1.51. The summed E-state index contributed by atoms with van der Waals surface area (Å²) in [5.41, 5.74) is 1.17. The fraction of sp³-hybridized carbons (Fsp3) is 0.294. The van der Waals surface area contributed by atoms with E-state index in [1.54, 1.807) is 6.33 Å². The minimum absolute atomic E-state index is 0.170. The Morgan fingerprint density at radius 3 is 2.76 bits per heavy atom. The van der Waals surface area contributed by atoms with Crippen LogP contribution in [0.25, 0.3) is 11.2 Å². The molecule has 1 saturated heterocycles. The number of nitrogens with zero attached hydrogens (tertiary/aromatic N) is 4. The number of imidazole rings is 1. The summed E-state index contributed by atoms with van der Waals surface area (Å²) in [5.74, 6) is -1.21. The van der Waals surface area contributed by atoms with Crippen molar-refractivity contribution in [1.29, 1.82) is 0 Å². The van der Waals surface area contributed by atoms with Gasteiger partial charge >= 0.3 is 0 Å². The van der Waals surface area contributed by atoms with Crippen LogP contribution in [0.5, 0.6) is 0 Å². The summed E-state index contributed by atoms with van der Waals surface area (Å²) in [6, 6.07) is 2.98. The van der Waals surface area contributed by atoms with Crippen LogP contribution in [0.15, 0.2) is 30.9 Å². The van der Waals surface area contributed by atoms with Gasteiger partial charge < -0.3 is 9.88 Å². The number of aromatic nitrogens is 4. The van der Waals surface area contributed by atoms with Gasteiger partial charge in [0, 0.05) is 19.0 Å². The lowest BCUT2D eigenvalue weighted by Crippen LogP contribution is -2.37. The van der Waals surface area contributed by atoms with Gasteiger partial charge in [0.05, 0.1) is 11.9 Å². The lowest BCUT2D eigenvalue weighted by molar-refractivity contribution is 0.0895. The number of carbonyl (C=O) groups excluding carboxylic acids is 1. The average Bonchev–Trinajstić information content (AvgIpc) is 3.12. The summed E-state index contributed by atoms with van der Waals surface area (Å²) in [5, 5.41) is 0. The maximum Gasteiger partial charge on any atom is 0.182 e. The number of anilines is 1. The van der Waals surface area contributed by atoms with Gasteiger partial charge in [0.15, 0.2) is 17.2 Å². The zero-order valence-electron chi connectivity index (χ0n) is 13.2. The topological polar surface area (TPSA) is 74.8 Å². The monoisotopic (exact) mass is 343 g/mol. The highest BCUT2D eigenvalue weighted by Crippen LogP contribution is 2.28. The van der Waals surface area contributed by atoms with Gasteiger partial charge in [0.1, 0.15) is 23.5 Å². The first kappa shape index (κ1) is 15.6. The van der Waals surface area contributed by atoms with Crippen LogP contribution in [0.4, 0.5) is 14.6 Å². The van der Waals surface area contributed by atoms with Gasteiger partial charge in [-0.25, -0.2) is 23.7 Å². The highest BCUT2D eigenvalue weighted by atomic mass is 19.1. The van der Waals surface area contributed by atoms with Crippen molar-refractivity contribution in [3.8, 4) is 0 Å². The number of Topliss-reactive ketones (excluding diaryl/α,β-unsaturated/α-hetero) is 1. The molecule has 128 valence electrons. The minimum atomic E-state index is -0.677. The van der Waals surface area contributed by atoms with Gasteiger partial charge in [-0.05, 0) is 31.0 Å². The summed E-state index contributed by atoms with van der Waals surface area (Å²) < 4.78 is 27.2. The van der Waals surface area contributed by atoms with Gasteiger partial charge in [-0.15, -0.1) is 0 Å². The molecule has 1 fully saturated rings. The first-order chi connectivity index (χ1) is 12.1. The van der Waals surface area contributed by atoms with Crippen LogP contribution in [0.3, 0.4) is 0 Å². The quantitative estimate of drug-likeness (QED) is 0.740. The Morgan fingerprint density at radius 2 is 1.96 bits per heavy atom. The van der Waals surface area contributed by atoms with E-state index in [1.165, 1.54) is 6.33 Å². The van der Waals surface area contributed by atoms with Crippen molar-refractivity contribution < 1.29 is 13.6 Å². The molecule has 1 aromatic carbocycles. The van der Waals surface area contributed by atoms with Crippen molar-refractivity contribution in [2.24, 2.45) is 5.92 Å². The largest absolute Gasteiger partial charge is 0.355 e. The fourth-order valence-corrected chi connectivity index (χ4v) is 3.25. The number of piperidine rings is 1. The third-order valence-corrected chi connectivity index (χ3v) is 4.56. The second-order valence-electron chi connectivity index (χ2n) is 6.05. The Morgan fingerprint density at radius 1 is 1.16 bits per heavy atom. The number of halogens is 2. The van der Waals surface area contributed by atoms with E-state index in [4.69, 9.17) is 0 Å². The van der Waals surface area contributed by atoms with E-state index < -0.39 is 11.6 Å². The number of benzene rings is 1. The zero-order valence-corrected chi connectivity index (χ0v) is 13.2. The Bertz CT molecular complexity index is 934. The highest BCUT2D eigenvalue weighted by molar-refractivity contribution is 5.98. The third-order valence-electron chi connectivity index (χ3n) is 4.56. The fourth-order valence-electron chi connectivity index (χ4n) is 3.25. The standard InChI is InChI=1S/C17H15F2N5O/c18-11-1-2-13(19)12(7-11)15(25)10-3-5-24(6-4-10)17-14-16(21-8-20-14)22-9-23-17/h1-2,7-10H,3-6H2,(H,20,21,22,23). The van der Waals surface area contributed by atoms with E-state index in [9.17, 15) is 13.6 Å². The van der Waals surface area contributed by atoms with Gasteiger partial charge in [-0.2, -0.15) is 0 Å². The van der Waals surface area contributed by atoms with Crippen molar-refractivity contribution in [3.05, 3.63) is 48.1 Å². The normalized spacial score (nSPS) is 15.7. The number of rotatable bonds is 3. The number of H-pyrrole nitrogens is 1. The molecule has 0 unspecified atom stereocenters. The molecule has 0 saturated carbocycles. The Hall–Kier alpha value is -2.90. The molecular formula is C17H15F2N5O. The second-order valence-corrected chi connectivity index (χ2v) is 6.05. The van der Waals surface area contributed by atoms with Crippen molar-refractivity contribution >= 4 is 22.8 Å². The molecule has 0 aliphatic carbocycles. The number of hydrogen-bond acceptors (Lipinski definition) is 5. The molecule has 0 amide bonds. The van der Waals surface area contributed by atoms with E-state index in [1.807, 2.05) is 4.90 Å². The molecule has 6 nitrogen and oxygen atoms in total. The summed E-state index contributed by atoms with van der Waals surface area (Å²) in [6.07, 6.45) is 4.12. The average molecular weight is 343 g/mol. The molecule has 3 heterocycles. The van der Waals surface area contributed by atoms with Crippen LogP contribution >= 0.6 is 0 Å². The molecule has 1 N–H and O–H groups in total. The highest BCUT2D eigenvalue weighted by Gasteiger charge is 2.29. The molecule has 0 spiro atoms. The van der Waals surface area contributed by atoms with Crippen molar-refractivity contribution in [2.45, 2.75) is 12.8 Å². The minimum Gasteiger partial charge on any atom is -0.355 e. The lowest BCUT2D eigenvalue weighted by atomic mass is 9.88. The number of ketones is 1. The smallest absolute Gasteiger partial charge is 0.182 e.